The molecule has 0 bridgehead atoms. The second kappa shape index (κ2) is 1.81. The maximum absolute atomic E-state index is 10.8. The summed E-state index contributed by atoms with van der Waals surface area (Å²) in [5.74, 6) is 1.65. The van der Waals surface area contributed by atoms with E-state index in [1.54, 1.807) is 0 Å². The van der Waals surface area contributed by atoms with E-state index in [-0.39, 0.29) is 0 Å². The summed E-state index contributed by atoms with van der Waals surface area (Å²) in [5, 5.41) is 3.18. The van der Waals surface area contributed by atoms with Gasteiger partial charge in [-0.25, -0.2) is 0 Å². The number of Topliss-reactive ketones (excluding diaryl/α,β-unsaturated/α-hetero) is 1. The van der Waals surface area contributed by atoms with Crippen molar-refractivity contribution in [2.45, 2.75) is 12.8 Å². The highest BCUT2D eigenvalue weighted by molar-refractivity contribution is 5.86. The van der Waals surface area contributed by atoms with Crippen molar-refractivity contribution in [2.24, 2.45) is 11.8 Å². The van der Waals surface area contributed by atoms with Gasteiger partial charge in [-0.15, -0.1) is 0 Å². The highest BCUT2D eigenvalue weighted by Gasteiger charge is 2.37. The van der Waals surface area contributed by atoms with Gasteiger partial charge in [0.05, 0.1) is 0 Å². The van der Waals surface area contributed by atoms with Gasteiger partial charge >= 0.3 is 0 Å². The molecule has 2 rings (SSSR count). The van der Waals surface area contributed by atoms with Crippen LogP contribution in [0.5, 0.6) is 0 Å². The lowest BCUT2D eigenvalue weighted by Gasteiger charge is -2.38. The number of rotatable bonds is 1. The Morgan fingerprint density at radius 1 is 1.44 bits per heavy atom. The van der Waals surface area contributed by atoms with Gasteiger partial charge in [0.25, 0.3) is 0 Å². The largest absolute Gasteiger partial charge is 0.316 e. The zero-order valence-corrected chi connectivity index (χ0v) is 5.39. The number of hydrogen-bond acceptors (Lipinski definition) is 2. The fraction of sp³-hybridized carbons (Fsp3) is 0.857. The third-order valence-corrected chi connectivity index (χ3v) is 2.50. The second-order valence-electron chi connectivity index (χ2n) is 3.03. The molecule has 9 heavy (non-hydrogen) atoms. The molecule has 50 valence electrons. The van der Waals surface area contributed by atoms with E-state index in [0.717, 1.165) is 25.9 Å². The first-order chi connectivity index (χ1) is 4.38. The average molecular weight is 125 g/mol. The molecule has 1 saturated heterocycles. The highest BCUT2D eigenvalue weighted by Crippen LogP contribution is 2.31. The van der Waals surface area contributed by atoms with Crippen LogP contribution in [0, 0.1) is 11.8 Å². The normalized spacial score (nSPS) is 35.6. The number of carbonyl (C=O) groups excluding carboxylic acids is 1. The van der Waals surface area contributed by atoms with Crippen molar-refractivity contribution in [2.75, 3.05) is 13.1 Å². The fourth-order valence-electron chi connectivity index (χ4n) is 1.52. The number of nitrogens with one attached hydrogen (secondary N) is 1. The van der Waals surface area contributed by atoms with Gasteiger partial charge in [-0.1, -0.05) is 0 Å². The van der Waals surface area contributed by atoms with Crippen molar-refractivity contribution in [3.05, 3.63) is 0 Å². The van der Waals surface area contributed by atoms with Gasteiger partial charge in [0.2, 0.25) is 0 Å². The molecule has 1 unspecified atom stereocenters. The topological polar surface area (TPSA) is 29.1 Å². The molecule has 1 heterocycles. The highest BCUT2D eigenvalue weighted by atomic mass is 16.1. The summed E-state index contributed by atoms with van der Waals surface area (Å²) in [6.45, 7) is 2.16. The van der Waals surface area contributed by atoms with E-state index < -0.39 is 0 Å². The standard InChI is InChI=1S/C7H11NO/c9-7-2-1-6(7)5-3-8-4-5/h5-6,8H,1-4H2. The Kier molecular flexibility index (Phi) is 1.09. The SMILES string of the molecule is O=C1CCC1C1CNC1. The van der Waals surface area contributed by atoms with Gasteiger partial charge < -0.3 is 5.32 Å². The second-order valence-corrected chi connectivity index (χ2v) is 3.03. The van der Waals surface area contributed by atoms with Crippen LogP contribution >= 0.6 is 0 Å². The number of ketones is 1. The first-order valence-electron chi connectivity index (χ1n) is 3.61. The smallest absolute Gasteiger partial charge is 0.136 e. The Hall–Kier alpha value is -0.370. The summed E-state index contributed by atoms with van der Waals surface area (Å²) in [4.78, 5) is 10.8. The number of carbonyl (C=O) groups is 1. The summed E-state index contributed by atoms with van der Waals surface area (Å²) in [7, 11) is 0. The minimum Gasteiger partial charge on any atom is -0.316 e. The molecule has 1 saturated carbocycles. The maximum Gasteiger partial charge on any atom is 0.136 e. The summed E-state index contributed by atoms with van der Waals surface area (Å²) in [5.41, 5.74) is 0. The minimum atomic E-state index is 0.450. The summed E-state index contributed by atoms with van der Waals surface area (Å²) >= 11 is 0. The molecule has 1 aliphatic heterocycles. The number of hydrogen-bond donors (Lipinski definition) is 1. The van der Waals surface area contributed by atoms with Gasteiger partial charge in [0.15, 0.2) is 0 Å². The van der Waals surface area contributed by atoms with Gasteiger partial charge in [-0.3, -0.25) is 4.79 Å². The zero-order valence-electron chi connectivity index (χ0n) is 5.39. The predicted molar refractivity (Wildman–Crippen MR) is 34.1 cm³/mol. The lowest BCUT2D eigenvalue weighted by molar-refractivity contribution is -0.132. The fourth-order valence-corrected chi connectivity index (χ4v) is 1.52. The van der Waals surface area contributed by atoms with E-state index in [1.165, 1.54) is 0 Å². The molecular weight excluding hydrogens is 114 g/mol. The average Bonchev–Trinajstić information content (AvgIpc) is 1.74. The van der Waals surface area contributed by atoms with Crippen LogP contribution in [0.2, 0.25) is 0 Å². The van der Waals surface area contributed by atoms with Gasteiger partial charge in [-0.2, -0.15) is 0 Å². The molecule has 1 aliphatic carbocycles. The summed E-state index contributed by atoms with van der Waals surface area (Å²) in [6.07, 6.45) is 2.01. The van der Waals surface area contributed by atoms with Crippen LogP contribution in [0.15, 0.2) is 0 Å². The molecule has 0 spiro atoms. The van der Waals surface area contributed by atoms with E-state index in [4.69, 9.17) is 0 Å². The lowest BCUT2D eigenvalue weighted by Crippen LogP contribution is -2.51. The predicted octanol–water partition coefficient (Wildman–Crippen LogP) is 0.185. The van der Waals surface area contributed by atoms with Crippen LogP contribution in [-0.4, -0.2) is 18.9 Å². The van der Waals surface area contributed by atoms with Crippen LogP contribution in [0.3, 0.4) is 0 Å². The van der Waals surface area contributed by atoms with Crippen LogP contribution in [-0.2, 0) is 4.79 Å². The molecule has 1 atom stereocenters. The van der Waals surface area contributed by atoms with Crippen molar-refractivity contribution in [3.8, 4) is 0 Å². The third kappa shape index (κ3) is 0.697. The molecular formula is C7H11NO. The Morgan fingerprint density at radius 2 is 2.22 bits per heavy atom. The molecule has 0 amide bonds. The Balaban J connectivity index is 1.90. The van der Waals surface area contributed by atoms with E-state index in [2.05, 4.69) is 5.32 Å². The van der Waals surface area contributed by atoms with E-state index in [0.29, 0.717) is 17.6 Å². The maximum atomic E-state index is 10.8. The molecule has 2 aliphatic rings. The van der Waals surface area contributed by atoms with Crippen LogP contribution in [0.1, 0.15) is 12.8 Å². The van der Waals surface area contributed by atoms with E-state index in [1.807, 2.05) is 0 Å². The molecule has 2 heteroatoms. The van der Waals surface area contributed by atoms with Gasteiger partial charge in [0, 0.05) is 12.3 Å². The zero-order chi connectivity index (χ0) is 6.27. The Bertz CT molecular complexity index is 140. The Morgan fingerprint density at radius 3 is 2.33 bits per heavy atom. The van der Waals surface area contributed by atoms with Crippen LogP contribution < -0.4 is 5.32 Å². The molecule has 1 N–H and O–H groups in total. The van der Waals surface area contributed by atoms with Gasteiger partial charge in [-0.05, 0) is 25.4 Å². The lowest BCUT2D eigenvalue weighted by atomic mass is 9.72. The quantitative estimate of drug-likeness (QED) is 0.542. The summed E-state index contributed by atoms with van der Waals surface area (Å²) < 4.78 is 0. The Labute approximate surface area is 54.6 Å². The molecule has 0 aromatic carbocycles. The van der Waals surface area contributed by atoms with Gasteiger partial charge in [0.1, 0.15) is 5.78 Å². The van der Waals surface area contributed by atoms with Crippen molar-refractivity contribution < 1.29 is 4.79 Å². The molecule has 2 nitrogen and oxygen atoms in total. The monoisotopic (exact) mass is 125 g/mol. The molecule has 2 fully saturated rings. The van der Waals surface area contributed by atoms with Crippen LogP contribution in [0.25, 0.3) is 0 Å². The van der Waals surface area contributed by atoms with Crippen LogP contribution in [0.4, 0.5) is 0 Å². The van der Waals surface area contributed by atoms with E-state index in [9.17, 15) is 4.79 Å². The first kappa shape index (κ1) is 5.42. The first-order valence-corrected chi connectivity index (χ1v) is 3.61. The van der Waals surface area contributed by atoms with Crippen molar-refractivity contribution >= 4 is 5.78 Å². The minimum absolute atomic E-state index is 0.450. The van der Waals surface area contributed by atoms with Crippen molar-refractivity contribution in [1.29, 1.82) is 0 Å². The van der Waals surface area contributed by atoms with Crippen molar-refractivity contribution in [3.63, 3.8) is 0 Å². The third-order valence-electron chi connectivity index (χ3n) is 2.50. The molecule has 0 radical (unpaired) electrons. The summed E-state index contributed by atoms with van der Waals surface area (Å²) in [6, 6.07) is 0. The van der Waals surface area contributed by atoms with E-state index >= 15 is 0 Å². The molecule has 0 aromatic rings. The molecule has 0 aromatic heterocycles. The van der Waals surface area contributed by atoms with Crippen molar-refractivity contribution in [1.82, 2.24) is 5.32 Å².